The Hall–Kier alpha value is -2.87. The SMILES string of the molecule is COc1ccc(C(=O)NCC(=O)N2CCC(CCc3c(N)nc(C)nc3Cl)CC2)cc1. The number of carbonyl (C=O) groups is 2. The molecule has 1 fully saturated rings. The standard InChI is InChI=1S/C22H28ClN5O3/c1-14-26-20(23)18(21(24)27-14)8-3-15-9-11-28(12-10-15)19(29)13-25-22(30)16-4-6-17(31-2)7-5-16/h4-7,15H,3,8-13H2,1-2H3,(H,25,30)(H2,24,26,27). The van der Waals surface area contributed by atoms with Crippen LogP contribution in [0.3, 0.4) is 0 Å². The van der Waals surface area contributed by atoms with Crippen LogP contribution in [0.2, 0.25) is 5.15 Å². The van der Waals surface area contributed by atoms with Crippen LogP contribution in [0.5, 0.6) is 5.75 Å². The zero-order valence-corrected chi connectivity index (χ0v) is 18.6. The number of hydrogen-bond donors (Lipinski definition) is 2. The van der Waals surface area contributed by atoms with E-state index < -0.39 is 0 Å². The quantitative estimate of drug-likeness (QED) is 0.634. The number of rotatable bonds is 7. The Labute approximate surface area is 187 Å². The lowest BCUT2D eigenvalue weighted by Crippen LogP contribution is -2.44. The molecule has 0 unspecified atom stereocenters. The smallest absolute Gasteiger partial charge is 0.251 e. The van der Waals surface area contributed by atoms with Gasteiger partial charge in [0, 0.05) is 24.2 Å². The number of methoxy groups -OCH3 is 1. The molecule has 2 aromatic rings. The molecule has 2 amide bonds. The molecule has 0 aliphatic carbocycles. The summed E-state index contributed by atoms with van der Waals surface area (Å²) in [5.74, 6) is 1.82. The number of aromatic nitrogens is 2. The molecule has 0 atom stereocenters. The second-order valence-corrected chi connectivity index (χ2v) is 8.06. The molecule has 0 saturated carbocycles. The molecule has 8 nitrogen and oxygen atoms in total. The van der Waals surface area contributed by atoms with Crippen LogP contribution >= 0.6 is 11.6 Å². The number of anilines is 1. The van der Waals surface area contributed by atoms with Crippen molar-refractivity contribution in [2.45, 2.75) is 32.6 Å². The Morgan fingerprint density at radius 1 is 1.23 bits per heavy atom. The highest BCUT2D eigenvalue weighted by Crippen LogP contribution is 2.26. The predicted octanol–water partition coefficient (Wildman–Crippen LogP) is 2.63. The fraction of sp³-hybridized carbons (Fsp3) is 0.455. The van der Waals surface area contributed by atoms with Crippen molar-refractivity contribution in [3.8, 4) is 5.75 Å². The molecule has 1 aliphatic heterocycles. The van der Waals surface area contributed by atoms with Gasteiger partial charge >= 0.3 is 0 Å². The monoisotopic (exact) mass is 445 g/mol. The van der Waals surface area contributed by atoms with E-state index in [0.29, 0.717) is 47.1 Å². The summed E-state index contributed by atoms with van der Waals surface area (Å²) in [4.78, 5) is 34.9. The summed E-state index contributed by atoms with van der Waals surface area (Å²) < 4.78 is 5.08. The molecular formula is C22H28ClN5O3. The van der Waals surface area contributed by atoms with Crippen molar-refractivity contribution in [2.24, 2.45) is 5.92 Å². The average molecular weight is 446 g/mol. The van der Waals surface area contributed by atoms with Crippen LogP contribution in [0.15, 0.2) is 24.3 Å². The third-order valence-corrected chi connectivity index (χ3v) is 5.94. The van der Waals surface area contributed by atoms with Gasteiger partial charge in [0.25, 0.3) is 5.91 Å². The Bertz CT molecular complexity index is 904. The van der Waals surface area contributed by atoms with Crippen LogP contribution in [0, 0.1) is 12.8 Å². The van der Waals surface area contributed by atoms with E-state index in [1.807, 2.05) is 0 Å². The Kier molecular flexibility index (Phi) is 7.68. The first kappa shape index (κ1) is 22.8. The van der Waals surface area contributed by atoms with Crippen LogP contribution in [0.4, 0.5) is 5.82 Å². The van der Waals surface area contributed by atoms with Gasteiger partial charge in [0.05, 0.1) is 13.7 Å². The van der Waals surface area contributed by atoms with Gasteiger partial charge in [-0.25, -0.2) is 9.97 Å². The molecule has 9 heteroatoms. The molecule has 3 N–H and O–H groups in total. The third-order valence-electron chi connectivity index (χ3n) is 5.62. The number of benzene rings is 1. The molecule has 1 saturated heterocycles. The summed E-state index contributed by atoms with van der Waals surface area (Å²) in [5, 5.41) is 3.12. The van der Waals surface area contributed by atoms with Crippen LogP contribution in [0.25, 0.3) is 0 Å². The maximum atomic E-state index is 12.5. The van der Waals surface area contributed by atoms with Gasteiger partial charge in [-0.3, -0.25) is 9.59 Å². The van der Waals surface area contributed by atoms with E-state index in [-0.39, 0.29) is 18.4 Å². The molecule has 3 rings (SSSR count). The first-order chi connectivity index (χ1) is 14.9. The Morgan fingerprint density at radius 2 is 1.90 bits per heavy atom. The van der Waals surface area contributed by atoms with Gasteiger partial charge in [0.15, 0.2) is 0 Å². The van der Waals surface area contributed by atoms with Crippen molar-refractivity contribution in [1.82, 2.24) is 20.2 Å². The lowest BCUT2D eigenvalue weighted by molar-refractivity contribution is -0.131. The zero-order valence-electron chi connectivity index (χ0n) is 17.9. The molecule has 1 aromatic heterocycles. The molecule has 0 radical (unpaired) electrons. The van der Waals surface area contributed by atoms with E-state index in [1.54, 1.807) is 43.2 Å². The summed E-state index contributed by atoms with van der Waals surface area (Å²) in [6.45, 7) is 3.10. The van der Waals surface area contributed by atoms with E-state index in [1.165, 1.54) is 0 Å². The lowest BCUT2D eigenvalue weighted by Gasteiger charge is -2.32. The highest BCUT2D eigenvalue weighted by atomic mass is 35.5. The van der Waals surface area contributed by atoms with Crippen LogP contribution < -0.4 is 15.8 Å². The normalized spacial score (nSPS) is 14.4. The van der Waals surface area contributed by atoms with Gasteiger partial charge in [-0.1, -0.05) is 11.6 Å². The topological polar surface area (TPSA) is 110 Å². The minimum absolute atomic E-state index is 0.0115. The number of nitrogens with two attached hydrogens (primary N) is 1. The average Bonchev–Trinajstić information content (AvgIpc) is 2.77. The Balaban J connectivity index is 1.41. The number of likely N-dealkylation sites (tertiary alicyclic amines) is 1. The maximum Gasteiger partial charge on any atom is 0.251 e. The maximum absolute atomic E-state index is 12.5. The van der Waals surface area contributed by atoms with E-state index >= 15 is 0 Å². The van der Waals surface area contributed by atoms with E-state index in [9.17, 15) is 9.59 Å². The van der Waals surface area contributed by atoms with Crippen LogP contribution in [-0.4, -0.2) is 53.4 Å². The number of carbonyl (C=O) groups excluding carboxylic acids is 2. The van der Waals surface area contributed by atoms with Crippen molar-refractivity contribution in [3.05, 3.63) is 46.4 Å². The third kappa shape index (κ3) is 6.07. The van der Waals surface area contributed by atoms with Crippen molar-refractivity contribution in [1.29, 1.82) is 0 Å². The van der Waals surface area contributed by atoms with E-state index in [2.05, 4.69) is 15.3 Å². The number of halogens is 1. The first-order valence-corrected chi connectivity index (χ1v) is 10.7. The number of ether oxygens (including phenoxy) is 1. The van der Waals surface area contributed by atoms with Crippen molar-refractivity contribution in [3.63, 3.8) is 0 Å². The van der Waals surface area contributed by atoms with Crippen molar-refractivity contribution >= 4 is 29.2 Å². The van der Waals surface area contributed by atoms with Crippen molar-refractivity contribution < 1.29 is 14.3 Å². The summed E-state index contributed by atoms with van der Waals surface area (Å²) in [6, 6.07) is 6.76. The largest absolute Gasteiger partial charge is 0.497 e. The lowest BCUT2D eigenvalue weighted by atomic mass is 9.91. The van der Waals surface area contributed by atoms with Gasteiger partial charge in [-0.2, -0.15) is 0 Å². The number of amides is 2. The fourth-order valence-corrected chi connectivity index (χ4v) is 4.06. The molecule has 0 spiro atoms. The molecule has 166 valence electrons. The number of piperidine rings is 1. The highest BCUT2D eigenvalue weighted by molar-refractivity contribution is 6.30. The zero-order chi connectivity index (χ0) is 22.4. The summed E-state index contributed by atoms with van der Waals surface area (Å²) in [5.41, 5.74) is 7.27. The fourth-order valence-electron chi connectivity index (χ4n) is 3.74. The van der Waals surface area contributed by atoms with Gasteiger partial charge in [-0.15, -0.1) is 0 Å². The molecule has 1 aromatic carbocycles. The summed E-state index contributed by atoms with van der Waals surface area (Å²) in [7, 11) is 1.57. The number of nitrogens with zero attached hydrogens (tertiary/aromatic N) is 3. The predicted molar refractivity (Wildman–Crippen MR) is 119 cm³/mol. The molecule has 1 aliphatic rings. The number of aryl methyl sites for hydroxylation is 1. The van der Waals surface area contributed by atoms with Crippen LogP contribution in [-0.2, 0) is 11.2 Å². The van der Waals surface area contributed by atoms with E-state index in [4.69, 9.17) is 22.1 Å². The number of nitrogen functional groups attached to an aromatic ring is 1. The summed E-state index contributed by atoms with van der Waals surface area (Å²) >= 11 is 6.21. The van der Waals surface area contributed by atoms with Gasteiger partial charge in [-0.05, 0) is 62.8 Å². The van der Waals surface area contributed by atoms with Gasteiger partial charge < -0.3 is 20.7 Å². The minimum Gasteiger partial charge on any atom is -0.497 e. The number of nitrogens with one attached hydrogen (secondary N) is 1. The number of hydrogen-bond acceptors (Lipinski definition) is 6. The second kappa shape index (κ2) is 10.4. The summed E-state index contributed by atoms with van der Waals surface area (Å²) in [6.07, 6.45) is 3.46. The molecule has 31 heavy (non-hydrogen) atoms. The van der Waals surface area contributed by atoms with Crippen molar-refractivity contribution in [2.75, 3.05) is 32.5 Å². The van der Waals surface area contributed by atoms with E-state index in [0.717, 1.165) is 31.2 Å². The first-order valence-electron chi connectivity index (χ1n) is 10.4. The minimum atomic E-state index is -0.277. The molecule has 0 bridgehead atoms. The van der Waals surface area contributed by atoms with Gasteiger partial charge in [0.2, 0.25) is 5.91 Å². The Morgan fingerprint density at radius 3 is 2.52 bits per heavy atom. The molecular weight excluding hydrogens is 418 g/mol. The molecule has 2 heterocycles. The van der Waals surface area contributed by atoms with Crippen LogP contribution in [0.1, 0.15) is 41.0 Å². The highest BCUT2D eigenvalue weighted by Gasteiger charge is 2.23. The second-order valence-electron chi connectivity index (χ2n) is 7.70. The van der Waals surface area contributed by atoms with Gasteiger partial charge in [0.1, 0.15) is 22.5 Å².